The van der Waals surface area contributed by atoms with Crippen molar-refractivity contribution in [1.29, 1.82) is 0 Å². The average molecular weight is 402 g/mol. The van der Waals surface area contributed by atoms with E-state index in [1.165, 1.54) is 12.1 Å². The number of thiophene rings is 1. The van der Waals surface area contributed by atoms with Crippen LogP contribution in [-0.2, 0) is 11.3 Å². The van der Waals surface area contributed by atoms with Crippen molar-refractivity contribution in [1.82, 2.24) is 15.1 Å². The quantitative estimate of drug-likeness (QED) is 0.858. The van der Waals surface area contributed by atoms with E-state index in [0.29, 0.717) is 26.2 Å². The maximum absolute atomic E-state index is 13.3. The zero-order chi connectivity index (χ0) is 19.7. The summed E-state index contributed by atoms with van der Waals surface area (Å²) >= 11 is 1.57. The van der Waals surface area contributed by atoms with E-state index in [1.54, 1.807) is 28.4 Å². The van der Waals surface area contributed by atoms with Gasteiger partial charge in [0.15, 0.2) is 0 Å². The van der Waals surface area contributed by atoms with Crippen molar-refractivity contribution < 1.29 is 14.0 Å². The lowest BCUT2D eigenvalue weighted by Gasteiger charge is -2.46. The molecule has 1 unspecified atom stereocenters. The molecule has 1 aromatic heterocycles. The molecule has 0 bridgehead atoms. The molecule has 1 atom stereocenters. The molecule has 1 aromatic carbocycles. The van der Waals surface area contributed by atoms with Crippen LogP contribution in [0.4, 0.5) is 14.9 Å². The Morgan fingerprint density at radius 2 is 2.18 bits per heavy atom. The van der Waals surface area contributed by atoms with Gasteiger partial charge in [-0.2, -0.15) is 11.3 Å². The molecule has 2 saturated heterocycles. The first kappa shape index (κ1) is 18.9. The van der Waals surface area contributed by atoms with E-state index in [-0.39, 0.29) is 29.8 Å². The van der Waals surface area contributed by atoms with E-state index in [0.717, 1.165) is 17.7 Å². The van der Waals surface area contributed by atoms with Crippen LogP contribution in [0.15, 0.2) is 41.1 Å². The number of carbonyl (C=O) groups is 2. The minimum absolute atomic E-state index is 0.0838. The van der Waals surface area contributed by atoms with Crippen molar-refractivity contribution in [3.8, 4) is 0 Å². The number of halogens is 1. The third-order valence-electron chi connectivity index (χ3n) is 5.71. The zero-order valence-electron chi connectivity index (χ0n) is 15.7. The maximum Gasteiger partial charge on any atom is 0.317 e. The summed E-state index contributed by atoms with van der Waals surface area (Å²) in [5.74, 6) is -0.227. The van der Waals surface area contributed by atoms with Gasteiger partial charge in [0.2, 0.25) is 5.91 Å². The molecule has 2 aromatic rings. The third-order valence-corrected chi connectivity index (χ3v) is 6.38. The van der Waals surface area contributed by atoms with Crippen molar-refractivity contribution >= 4 is 29.0 Å². The van der Waals surface area contributed by atoms with Gasteiger partial charge in [-0.25, -0.2) is 9.18 Å². The predicted molar refractivity (Wildman–Crippen MR) is 107 cm³/mol. The summed E-state index contributed by atoms with van der Waals surface area (Å²) in [7, 11) is 1.96. The molecule has 3 heterocycles. The van der Waals surface area contributed by atoms with Crippen LogP contribution in [0.3, 0.4) is 0 Å². The number of carbonyl (C=O) groups excluding carboxylic acids is 2. The van der Waals surface area contributed by atoms with Crippen LogP contribution in [0.5, 0.6) is 0 Å². The SMILES string of the molecule is CN1CC(=O)N(c2ccsc2)CC12CCN(C(=O)NCc1cccc(F)c1)C2. The predicted octanol–water partition coefficient (Wildman–Crippen LogP) is 2.52. The number of nitrogens with zero attached hydrogens (tertiary/aromatic N) is 3. The Morgan fingerprint density at radius 1 is 1.32 bits per heavy atom. The highest BCUT2D eigenvalue weighted by Gasteiger charge is 2.48. The molecule has 4 rings (SSSR count). The van der Waals surface area contributed by atoms with E-state index in [2.05, 4.69) is 10.2 Å². The Kier molecular flexibility index (Phi) is 5.07. The zero-order valence-corrected chi connectivity index (χ0v) is 16.5. The van der Waals surface area contributed by atoms with E-state index >= 15 is 0 Å². The number of hydrogen-bond acceptors (Lipinski definition) is 4. The fraction of sp³-hybridized carbons (Fsp3) is 0.400. The number of piperazine rings is 1. The molecule has 1 N–H and O–H groups in total. The number of rotatable bonds is 3. The molecular formula is C20H23FN4O2S. The molecule has 148 valence electrons. The Morgan fingerprint density at radius 3 is 2.93 bits per heavy atom. The lowest BCUT2D eigenvalue weighted by atomic mass is 9.93. The third kappa shape index (κ3) is 3.62. The number of urea groups is 1. The summed E-state index contributed by atoms with van der Waals surface area (Å²) in [6.07, 6.45) is 0.810. The first-order valence-corrected chi connectivity index (χ1v) is 10.2. The largest absolute Gasteiger partial charge is 0.334 e. The van der Waals surface area contributed by atoms with Gasteiger partial charge in [0, 0.05) is 31.6 Å². The fourth-order valence-corrected chi connectivity index (χ4v) is 4.65. The summed E-state index contributed by atoms with van der Waals surface area (Å²) < 4.78 is 13.3. The van der Waals surface area contributed by atoms with Gasteiger partial charge < -0.3 is 15.1 Å². The van der Waals surface area contributed by atoms with E-state index in [4.69, 9.17) is 0 Å². The monoisotopic (exact) mass is 402 g/mol. The molecule has 0 saturated carbocycles. The van der Waals surface area contributed by atoms with Crippen molar-refractivity contribution in [3.63, 3.8) is 0 Å². The van der Waals surface area contributed by atoms with Gasteiger partial charge in [0.25, 0.3) is 0 Å². The minimum atomic E-state index is -0.311. The van der Waals surface area contributed by atoms with Crippen molar-refractivity contribution in [2.75, 3.05) is 38.1 Å². The van der Waals surface area contributed by atoms with Gasteiger partial charge in [-0.05, 0) is 42.6 Å². The summed E-state index contributed by atoms with van der Waals surface area (Å²) in [5, 5.41) is 6.82. The molecule has 0 radical (unpaired) electrons. The van der Waals surface area contributed by atoms with Crippen LogP contribution in [0.25, 0.3) is 0 Å². The van der Waals surface area contributed by atoms with Crippen LogP contribution in [0.2, 0.25) is 0 Å². The number of likely N-dealkylation sites (tertiary alicyclic amines) is 1. The Hall–Kier alpha value is -2.45. The number of benzene rings is 1. The fourth-order valence-electron chi connectivity index (χ4n) is 4.01. The van der Waals surface area contributed by atoms with Gasteiger partial charge in [-0.1, -0.05) is 12.1 Å². The number of amides is 3. The van der Waals surface area contributed by atoms with Crippen LogP contribution in [0, 0.1) is 5.82 Å². The lowest BCUT2D eigenvalue weighted by molar-refractivity contribution is -0.123. The Labute approximate surface area is 167 Å². The van der Waals surface area contributed by atoms with Crippen LogP contribution in [-0.4, -0.2) is 60.5 Å². The molecule has 6 nitrogen and oxygen atoms in total. The molecule has 0 aliphatic carbocycles. The highest BCUT2D eigenvalue weighted by atomic mass is 32.1. The minimum Gasteiger partial charge on any atom is -0.334 e. The Bertz CT molecular complexity index is 875. The molecule has 2 fully saturated rings. The lowest BCUT2D eigenvalue weighted by Crippen LogP contribution is -2.64. The number of hydrogen-bond donors (Lipinski definition) is 1. The molecule has 28 heavy (non-hydrogen) atoms. The highest BCUT2D eigenvalue weighted by molar-refractivity contribution is 7.08. The van der Waals surface area contributed by atoms with E-state index < -0.39 is 0 Å². The van der Waals surface area contributed by atoms with Crippen molar-refractivity contribution in [3.05, 3.63) is 52.5 Å². The van der Waals surface area contributed by atoms with Crippen LogP contribution in [0.1, 0.15) is 12.0 Å². The van der Waals surface area contributed by atoms with Gasteiger partial charge >= 0.3 is 6.03 Å². The highest BCUT2D eigenvalue weighted by Crippen LogP contribution is 2.34. The molecule has 2 aliphatic rings. The molecular weight excluding hydrogens is 379 g/mol. The summed E-state index contributed by atoms with van der Waals surface area (Å²) in [5.41, 5.74) is 1.41. The standard InChI is InChI=1S/C20H23FN4O2S/c1-23-11-18(26)25(17-5-8-28-12-17)14-20(23)6-7-24(13-20)19(27)22-10-15-3-2-4-16(21)9-15/h2-5,8-9,12H,6-7,10-11,13-14H2,1H3,(H,22,27). The first-order valence-electron chi connectivity index (χ1n) is 9.28. The Balaban J connectivity index is 1.41. The number of likely N-dealkylation sites (N-methyl/N-ethyl adjacent to an activating group) is 1. The van der Waals surface area contributed by atoms with E-state index in [9.17, 15) is 14.0 Å². The number of anilines is 1. The summed E-state index contributed by atoms with van der Waals surface area (Å²) in [4.78, 5) is 30.9. The summed E-state index contributed by atoms with van der Waals surface area (Å²) in [6, 6.07) is 8.02. The second kappa shape index (κ2) is 7.52. The van der Waals surface area contributed by atoms with Crippen molar-refractivity contribution in [2.45, 2.75) is 18.5 Å². The van der Waals surface area contributed by atoms with Crippen LogP contribution >= 0.6 is 11.3 Å². The van der Waals surface area contributed by atoms with Gasteiger partial charge in [-0.3, -0.25) is 9.69 Å². The average Bonchev–Trinajstić information content (AvgIpc) is 3.34. The second-order valence-electron chi connectivity index (χ2n) is 7.50. The smallest absolute Gasteiger partial charge is 0.317 e. The normalized spacial score (nSPS) is 22.9. The molecule has 8 heteroatoms. The molecule has 2 aliphatic heterocycles. The number of nitrogens with one attached hydrogen (secondary N) is 1. The maximum atomic E-state index is 13.3. The second-order valence-corrected chi connectivity index (χ2v) is 8.28. The van der Waals surface area contributed by atoms with Gasteiger partial charge in [0.05, 0.1) is 17.8 Å². The van der Waals surface area contributed by atoms with Gasteiger partial charge in [-0.15, -0.1) is 0 Å². The van der Waals surface area contributed by atoms with E-state index in [1.807, 2.05) is 28.8 Å². The molecule has 1 spiro atoms. The first-order chi connectivity index (χ1) is 13.5. The van der Waals surface area contributed by atoms with Crippen molar-refractivity contribution in [2.24, 2.45) is 0 Å². The topological polar surface area (TPSA) is 55.9 Å². The molecule has 3 amide bonds. The summed E-state index contributed by atoms with van der Waals surface area (Å²) in [6.45, 7) is 2.40. The van der Waals surface area contributed by atoms with Gasteiger partial charge in [0.1, 0.15) is 5.82 Å². The van der Waals surface area contributed by atoms with Crippen LogP contribution < -0.4 is 10.2 Å².